The highest BCUT2D eigenvalue weighted by Gasteiger charge is 2.17. The molecule has 3 aromatic rings. The van der Waals surface area contributed by atoms with Crippen LogP contribution in [0.25, 0.3) is 0 Å². The lowest BCUT2D eigenvalue weighted by molar-refractivity contribution is 0.0847. The Kier molecular flexibility index (Phi) is 7.41. The lowest BCUT2D eigenvalue weighted by atomic mass is 10.1. The molecule has 0 aromatic heterocycles. The molecule has 0 aliphatic heterocycles. The number of halogens is 4. The fourth-order valence-electron chi connectivity index (χ4n) is 2.58. The zero-order valence-electron chi connectivity index (χ0n) is 15.5. The van der Waals surface area contributed by atoms with Crippen molar-refractivity contribution in [2.24, 2.45) is 0 Å². The Morgan fingerprint density at radius 2 is 1.06 bits per heavy atom. The first-order valence-corrected chi connectivity index (χ1v) is 10.2. The first kappa shape index (κ1) is 22.9. The van der Waals surface area contributed by atoms with Gasteiger partial charge in [0, 0.05) is 10.0 Å². The molecule has 0 radical (unpaired) electrons. The van der Waals surface area contributed by atoms with Crippen molar-refractivity contribution in [3.05, 3.63) is 97.4 Å². The van der Waals surface area contributed by atoms with Crippen LogP contribution in [0, 0.1) is 0 Å². The lowest BCUT2D eigenvalue weighted by Crippen LogP contribution is -2.42. The number of hydrogen-bond acceptors (Lipinski definition) is 3. The molecule has 0 aliphatic carbocycles. The maximum absolute atomic E-state index is 12.6. The predicted octanol–water partition coefficient (Wildman–Crippen LogP) is 5.63. The molecule has 158 valence electrons. The van der Waals surface area contributed by atoms with E-state index >= 15 is 0 Å². The van der Waals surface area contributed by atoms with Crippen molar-refractivity contribution in [1.29, 1.82) is 0 Å². The lowest BCUT2D eigenvalue weighted by Gasteiger charge is -2.13. The summed E-state index contributed by atoms with van der Waals surface area (Å²) in [7, 11) is 0. The summed E-state index contributed by atoms with van der Waals surface area (Å²) in [5, 5.41) is 3.68. The highest BCUT2D eigenvalue weighted by Crippen LogP contribution is 2.23. The van der Waals surface area contributed by atoms with Crippen LogP contribution in [0.3, 0.4) is 0 Å². The number of anilines is 1. The number of carbonyl (C=O) groups excluding carboxylic acids is 3. The molecule has 0 spiro atoms. The maximum Gasteiger partial charge on any atom is 0.271 e. The highest BCUT2D eigenvalue weighted by atomic mass is 35.5. The summed E-state index contributed by atoms with van der Waals surface area (Å²) in [5.41, 5.74) is 5.21. The molecule has 10 heteroatoms. The minimum Gasteiger partial charge on any atom is -0.321 e. The summed E-state index contributed by atoms with van der Waals surface area (Å²) >= 11 is 23.7. The molecule has 0 saturated heterocycles. The van der Waals surface area contributed by atoms with Crippen molar-refractivity contribution >= 4 is 69.8 Å². The van der Waals surface area contributed by atoms with Crippen LogP contribution in [-0.4, -0.2) is 17.7 Å². The van der Waals surface area contributed by atoms with Crippen molar-refractivity contribution in [3.8, 4) is 0 Å². The minimum atomic E-state index is -0.656. The first-order chi connectivity index (χ1) is 14.8. The largest absolute Gasteiger partial charge is 0.321 e. The van der Waals surface area contributed by atoms with E-state index in [-0.39, 0.29) is 32.4 Å². The van der Waals surface area contributed by atoms with Crippen LogP contribution in [0.5, 0.6) is 0 Å². The van der Waals surface area contributed by atoms with Crippen LogP contribution < -0.4 is 16.2 Å². The van der Waals surface area contributed by atoms with Gasteiger partial charge < -0.3 is 5.32 Å². The Bertz CT molecular complexity index is 1180. The number of hydrogen-bond donors (Lipinski definition) is 3. The summed E-state index contributed by atoms with van der Waals surface area (Å²) in [6.07, 6.45) is 0. The second-order valence-corrected chi connectivity index (χ2v) is 7.84. The average molecular weight is 497 g/mol. The van der Waals surface area contributed by atoms with E-state index in [1.807, 2.05) is 0 Å². The van der Waals surface area contributed by atoms with Gasteiger partial charge in [0.05, 0.1) is 32.4 Å². The fraction of sp³-hybridized carbons (Fsp3) is 0. The van der Waals surface area contributed by atoms with Gasteiger partial charge in [-0.3, -0.25) is 25.2 Å². The maximum atomic E-state index is 12.6. The van der Waals surface area contributed by atoms with E-state index < -0.39 is 17.7 Å². The summed E-state index contributed by atoms with van der Waals surface area (Å²) in [6.45, 7) is 0. The number of nitrogens with one attached hydrogen (secondary N) is 3. The van der Waals surface area contributed by atoms with Crippen molar-refractivity contribution in [3.63, 3.8) is 0 Å². The summed E-state index contributed by atoms with van der Waals surface area (Å²) in [6, 6.07) is 15.0. The van der Waals surface area contributed by atoms with E-state index in [1.54, 1.807) is 12.1 Å². The van der Waals surface area contributed by atoms with Crippen molar-refractivity contribution in [2.75, 3.05) is 5.32 Å². The van der Waals surface area contributed by atoms with Gasteiger partial charge in [0.15, 0.2) is 0 Å². The Morgan fingerprint density at radius 3 is 1.61 bits per heavy atom. The highest BCUT2D eigenvalue weighted by molar-refractivity contribution is 6.37. The van der Waals surface area contributed by atoms with Crippen LogP contribution in [0.2, 0.25) is 20.1 Å². The zero-order chi connectivity index (χ0) is 22.5. The number of hydrazine groups is 1. The molecule has 3 N–H and O–H groups in total. The second kappa shape index (κ2) is 10.0. The number of para-hydroxylation sites is 1. The van der Waals surface area contributed by atoms with Gasteiger partial charge in [-0.15, -0.1) is 0 Å². The van der Waals surface area contributed by atoms with Crippen LogP contribution in [0.1, 0.15) is 31.1 Å². The fourth-order valence-corrected chi connectivity index (χ4v) is 3.56. The van der Waals surface area contributed by atoms with Crippen molar-refractivity contribution in [2.45, 2.75) is 0 Å². The summed E-state index contributed by atoms with van der Waals surface area (Å²) in [5.74, 6) is -1.82. The number of carbonyl (C=O) groups is 3. The molecule has 0 unspecified atom stereocenters. The summed E-state index contributed by atoms with van der Waals surface area (Å²) < 4.78 is 0. The van der Waals surface area contributed by atoms with Crippen LogP contribution in [0.15, 0.2) is 60.7 Å². The SMILES string of the molecule is O=C(NNC(=O)c1ccccc1NC(=O)c1ccc(Cl)cc1Cl)c1ccc(Cl)cc1Cl. The van der Waals surface area contributed by atoms with E-state index in [1.165, 1.54) is 48.5 Å². The molecule has 0 fully saturated rings. The van der Waals surface area contributed by atoms with Gasteiger partial charge >= 0.3 is 0 Å². The molecule has 6 nitrogen and oxygen atoms in total. The number of rotatable bonds is 4. The molecule has 3 amide bonds. The van der Waals surface area contributed by atoms with Gasteiger partial charge in [-0.1, -0.05) is 58.5 Å². The monoisotopic (exact) mass is 495 g/mol. The molecule has 31 heavy (non-hydrogen) atoms. The smallest absolute Gasteiger partial charge is 0.271 e. The van der Waals surface area contributed by atoms with Crippen molar-refractivity contribution < 1.29 is 14.4 Å². The zero-order valence-corrected chi connectivity index (χ0v) is 18.5. The van der Waals surface area contributed by atoms with Crippen LogP contribution >= 0.6 is 46.4 Å². The van der Waals surface area contributed by atoms with Gasteiger partial charge in [-0.05, 0) is 48.5 Å². The van der Waals surface area contributed by atoms with E-state index in [9.17, 15) is 14.4 Å². The molecule has 0 aliphatic rings. The molecular weight excluding hydrogens is 484 g/mol. The number of amides is 3. The molecule has 0 heterocycles. The summed E-state index contributed by atoms with van der Waals surface area (Å²) in [4.78, 5) is 37.4. The van der Waals surface area contributed by atoms with Crippen LogP contribution in [-0.2, 0) is 0 Å². The van der Waals surface area contributed by atoms with Gasteiger partial charge in [-0.2, -0.15) is 0 Å². The Hall–Kier alpha value is -2.77. The van der Waals surface area contributed by atoms with Crippen molar-refractivity contribution in [1.82, 2.24) is 10.9 Å². The molecular formula is C21H13Cl4N3O3. The number of benzene rings is 3. The third-order valence-corrected chi connectivity index (χ3v) is 5.16. The van der Waals surface area contributed by atoms with E-state index in [2.05, 4.69) is 16.2 Å². The van der Waals surface area contributed by atoms with Crippen LogP contribution in [0.4, 0.5) is 5.69 Å². The normalized spacial score (nSPS) is 10.3. The third-order valence-electron chi connectivity index (χ3n) is 4.06. The molecule has 3 aromatic carbocycles. The molecule has 0 bridgehead atoms. The van der Waals surface area contributed by atoms with Gasteiger partial charge in [-0.25, -0.2) is 0 Å². The predicted molar refractivity (Wildman–Crippen MR) is 122 cm³/mol. The van der Waals surface area contributed by atoms with E-state index in [0.717, 1.165) is 0 Å². The van der Waals surface area contributed by atoms with Gasteiger partial charge in [0.25, 0.3) is 17.7 Å². The van der Waals surface area contributed by atoms with E-state index in [0.29, 0.717) is 10.0 Å². The Balaban J connectivity index is 1.72. The molecule has 0 atom stereocenters. The van der Waals surface area contributed by atoms with Gasteiger partial charge in [0.2, 0.25) is 0 Å². The third kappa shape index (κ3) is 5.68. The average Bonchev–Trinajstić information content (AvgIpc) is 2.72. The van der Waals surface area contributed by atoms with E-state index in [4.69, 9.17) is 46.4 Å². The Morgan fingerprint density at radius 1 is 0.581 bits per heavy atom. The quantitative estimate of drug-likeness (QED) is 0.409. The topological polar surface area (TPSA) is 87.3 Å². The first-order valence-electron chi connectivity index (χ1n) is 8.67. The molecule has 0 saturated carbocycles. The second-order valence-electron chi connectivity index (χ2n) is 6.16. The molecule has 3 rings (SSSR count). The standard InChI is InChI=1S/C21H13Cl4N3O3/c22-11-5-7-13(16(24)9-11)19(29)26-18-4-2-1-3-15(18)21(31)28-27-20(30)14-8-6-12(23)10-17(14)25/h1-10H,(H,26,29)(H,27,30)(H,28,31). The minimum absolute atomic E-state index is 0.114. The van der Waals surface area contributed by atoms with Gasteiger partial charge in [0.1, 0.15) is 0 Å². The Labute approximate surface area is 197 Å².